The smallest absolute Gasteiger partial charge is 0.240 e. The summed E-state index contributed by atoms with van der Waals surface area (Å²) in [6.45, 7) is 5.21. The van der Waals surface area contributed by atoms with Crippen molar-refractivity contribution in [2.45, 2.75) is 38.3 Å². The molecule has 0 radical (unpaired) electrons. The van der Waals surface area contributed by atoms with Gasteiger partial charge in [-0.25, -0.2) is 5.43 Å². The SMILES string of the molecule is CC(C)(CNc1ccc(C2=NNC(=O)CC2)cc1)NCC(O)COc1cccc(Cl)c1Cl. The van der Waals surface area contributed by atoms with E-state index in [2.05, 4.69) is 35.0 Å². The average molecular weight is 479 g/mol. The van der Waals surface area contributed by atoms with Gasteiger partial charge in [-0.15, -0.1) is 0 Å². The Morgan fingerprint density at radius 3 is 2.62 bits per heavy atom. The molecule has 0 fully saturated rings. The molecule has 2 aromatic carbocycles. The normalized spacial score (nSPS) is 15.0. The Morgan fingerprint density at radius 1 is 1.19 bits per heavy atom. The lowest BCUT2D eigenvalue weighted by Crippen LogP contribution is -2.49. The zero-order valence-electron chi connectivity index (χ0n) is 18.1. The lowest BCUT2D eigenvalue weighted by Gasteiger charge is -2.28. The number of amides is 1. The zero-order chi connectivity index (χ0) is 23.1. The number of hydrazone groups is 1. The van der Waals surface area contributed by atoms with E-state index in [-0.39, 0.29) is 18.1 Å². The predicted molar refractivity (Wildman–Crippen MR) is 129 cm³/mol. The number of nitrogens with one attached hydrogen (secondary N) is 3. The summed E-state index contributed by atoms with van der Waals surface area (Å²) in [5.41, 5.74) is 5.10. The van der Waals surface area contributed by atoms with E-state index in [1.54, 1.807) is 18.2 Å². The van der Waals surface area contributed by atoms with Crippen LogP contribution in [0.2, 0.25) is 10.0 Å². The second-order valence-corrected chi connectivity index (χ2v) is 9.09. The fourth-order valence-electron chi connectivity index (χ4n) is 3.08. The number of carbonyl (C=O) groups excluding carboxylic acids is 1. The Bertz CT molecular complexity index is 964. The molecule has 2 aromatic rings. The van der Waals surface area contributed by atoms with Gasteiger partial charge in [0, 0.05) is 37.2 Å². The van der Waals surface area contributed by atoms with Crippen molar-refractivity contribution in [1.82, 2.24) is 10.7 Å². The maximum absolute atomic E-state index is 11.2. The number of hydrogen-bond donors (Lipinski definition) is 4. The number of aliphatic hydroxyl groups is 1. The molecular weight excluding hydrogens is 451 g/mol. The summed E-state index contributed by atoms with van der Waals surface area (Å²) in [5, 5.41) is 21.9. The van der Waals surface area contributed by atoms with Crippen molar-refractivity contribution in [3.8, 4) is 5.75 Å². The van der Waals surface area contributed by atoms with Crippen LogP contribution in [0.4, 0.5) is 5.69 Å². The van der Waals surface area contributed by atoms with Crippen molar-refractivity contribution in [2.24, 2.45) is 5.10 Å². The third-order valence-corrected chi connectivity index (χ3v) is 5.82. The molecule has 0 bridgehead atoms. The fourth-order valence-corrected chi connectivity index (χ4v) is 3.43. The van der Waals surface area contributed by atoms with E-state index >= 15 is 0 Å². The fraction of sp³-hybridized carbons (Fsp3) is 0.391. The molecule has 1 atom stereocenters. The standard InChI is InChI=1S/C23H28Cl2N4O3/c1-23(2,27-12-17(30)13-32-20-5-3-4-18(24)22(20)25)14-26-16-8-6-15(7-9-16)19-10-11-21(31)29-28-19/h3-9,17,26-27,30H,10-14H2,1-2H3,(H,29,31). The van der Waals surface area contributed by atoms with Gasteiger partial charge in [0.05, 0.1) is 10.7 Å². The van der Waals surface area contributed by atoms with Gasteiger partial charge in [0.15, 0.2) is 0 Å². The van der Waals surface area contributed by atoms with E-state index in [4.69, 9.17) is 27.9 Å². The average Bonchev–Trinajstić information content (AvgIpc) is 2.78. The number of anilines is 1. The molecule has 1 heterocycles. The first kappa shape index (κ1) is 24.3. The highest BCUT2D eigenvalue weighted by atomic mass is 35.5. The molecule has 1 amide bonds. The van der Waals surface area contributed by atoms with Gasteiger partial charge < -0.3 is 20.5 Å². The van der Waals surface area contributed by atoms with Crippen molar-refractivity contribution in [2.75, 3.05) is 25.0 Å². The van der Waals surface area contributed by atoms with Crippen LogP contribution in [0.25, 0.3) is 0 Å². The molecular formula is C23H28Cl2N4O3. The van der Waals surface area contributed by atoms with Crippen LogP contribution >= 0.6 is 23.2 Å². The molecule has 172 valence electrons. The van der Waals surface area contributed by atoms with E-state index in [9.17, 15) is 9.90 Å². The third-order valence-electron chi connectivity index (χ3n) is 5.02. The van der Waals surface area contributed by atoms with Gasteiger partial charge in [-0.3, -0.25) is 4.79 Å². The first-order valence-corrected chi connectivity index (χ1v) is 11.2. The van der Waals surface area contributed by atoms with Crippen molar-refractivity contribution < 1.29 is 14.6 Å². The second-order valence-electron chi connectivity index (χ2n) is 8.31. The van der Waals surface area contributed by atoms with Gasteiger partial charge >= 0.3 is 0 Å². The van der Waals surface area contributed by atoms with Crippen molar-refractivity contribution in [3.05, 3.63) is 58.1 Å². The number of nitrogens with zero attached hydrogens (tertiary/aromatic N) is 1. The van der Waals surface area contributed by atoms with Gasteiger partial charge in [-0.05, 0) is 43.7 Å². The van der Waals surface area contributed by atoms with Crippen LogP contribution in [0.3, 0.4) is 0 Å². The number of rotatable bonds is 10. The monoisotopic (exact) mass is 478 g/mol. The first-order valence-electron chi connectivity index (χ1n) is 10.4. The summed E-state index contributed by atoms with van der Waals surface area (Å²) in [5.74, 6) is 0.399. The highest BCUT2D eigenvalue weighted by Gasteiger charge is 2.19. The molecule has 1 unspecified atom stereocenters. The molecule has 9 heteroatoms. The molecule has 4 N–H and O–H groups in total. The molecule has 1 aliphatic heterocycles. The van der Waals surface area contributed by atoms with Gasteiger partial charge in [0.25, 0.3) is 0 Å². The van der Waals surface area contributed by atoms with E-state index in [1.807, 2.05) is 24.3 Å². The van der Waals surface area contributed by atoms with Crippen LogP contribution in [0.1, 0.15) is 32.3 Å². The van der Waals surface area contributed by atoms with Crippen molar-refractivity contribution in [1.29, 1.82) is 0 Å². The number of hydrogen-bond acceptors (Lipinski definition) is 6. The van der Waals surface area contributed by atoms with Crippen LogP contribution in [-0.2, 0) is 4.79 Å². The Balaban J connectivity index is 1.42. The van der Waals surface area contributed by atoms with Crippen LogP contribution in [0, 0.1) is 0 Å². The van der Waals surface area contributed by atoms with Crippen LogP contribution in [0.5, 0.6) is 5.75 Å². The zero-order valence-corrected chi connectivity index (χ0v) is 19.6. The van der Waals surface area contributed by atoms with Crippen molar-refractivity contribution >= 4 is 40.5 Å². The van der Waals surface area contributed by atoms with E-state index in [0.717, 1.165) is 17.0 Å². The molecule has 7 nitrogen and oxygen atoms in total. The van der Waals surface area contributed by atoms with Gasteiger partial charge in [-0.1, -0.05) is 41.4 Å². The Morgan fingerprint density at radius 2 is 1.94 bits per heavy atom. The quantitative estimate of drug-likeness (QED) is 0.416. The van der Waals surface area contributed by atoms with Gasteiger partial charge in [0.2, 0.25) is 5.91 Å². The van der Waals surface area contributed by atoms with E-state index in [0.29, 0.717) is 41.7 Å². The summed E-state index contributed by atoms with van der Waals surface area (Å²) in [7, 11) is 0. The first-order chi connectivity index (χ1) is 15.2. The summed E-state index contributed by atoms with van der Waals surface area (Å²) in [6, 6.07) is 13.1. The number of benzene rings is 2. The summed E-state index contributed by atoms with van der Waals surface area (Å²) >= 11 is 12.1. The lowest BCUT2D eigenvalue weighted by molar-refractivity contribution is -0.121. The lowest BCUT2D eigenvalue weighted by atomic mass is 10.0. The molecule has 3 rings (SSSR count). The Kier molecular flexibility index (Phi) is 8.37. The number of ether oxygens (including phenoxy) is 1. The van der Waals surface area contributed by atoms with E-state index < -0.39 is 6.10 Å². The van der Waals surface area contributed by atoms with E-state index in [1.165, 1.54) is 0 Å². The Labute approximate surface area is 198 Å². The molecule has 0 saturated heterocycles. The number of halogens is 2. The highest BCUT2D eigenvalue weighted by Crippen LogP contribution is 2.31. The van der Waals surface area contributed by atoms with Crippen LogP contribution in [-0.4, -0.2) is 48.1 Å². The minimum absolute atomic E-state index is 0.0493. The molecule has 0 saturated carbocycles. The minimum atomic E-state index is -0.708. The largest absolute Gasteiger partial charge is 0.489 e. The summed E-state index contributed by atoms with van der Waals surface area (Å²) < 4.78 is 5.59. The highest BCUT2D eigenvalue weighted by molar-refractivity contribution is 6.42. The number of aliphatic hydroxyl groups excluding tert-OH is 1. The Hall–Kier alpha value is -2.32. The molecule has 1 aliphatic rings. The maximum Gasteiger partial charge on any atom is 0.240 e. The third kappa shape index (κ3) is 7.10. The molecule has 0 spiro atoms. The van der Waals surface area contributed by atoms with Crippen LogP contribution < -0.4 is 20.8 Å². The molecule has 0 aliphatic carbocycles. The summed E-state index contributed by atoms with van der Waals surface area (Å²) in [4.78, 5) is 11.2. The second kappa shape index (κ2) is 11.0. The molecule has 32 heavy (non-hydrogen) atoms. The van der Waals surface area contributed by atoms with Gasteiger partial charge in [0.1, 0.15) is 23.5 Å². The number of β-amino-alcohol motifs (C(OH)–C–C–N with tert-alkyl or cyclic N) is 1. The van der Waals surface area contributed by atoms with Gasteiger partial charge in [-0.2, -0.15) is 5.10 Å². The summed E-state index contributed by atoms with van der Waals surface area (Å²) in [6.07, 6.45) is 0.396. The van der Waals surface area contributed by atoms with Crippen molar-refractivity contribution in [3.63, 3.8) is 0 Å². The number of carbonyl (C=O) groups is 1. The van der Waals surface area contributed by atoms with Crippen LogP contribution in [0.15, 0.2) is 47.6 Å². The maximum atomic E-state index is 11.2. The molecule has 0 aromatic heterocycles. The topological polar surface area (TPSA) is 95.0 Å². The minimum Gasteiger partial charge on any atom is -0.489 e. The predicted octanol–water partition coefficient (Wildman–Crippen LogP) is 3.83.